The molecule has 0 aliphatic carbocycles. The molecule has 0 amide bonds. The minimum Gasteiger partial charge on any atom is -0.376 e. The third-order valence-electron chi connectivity index (χ3n) is 4.35. The van der Waals surface area contributed by atoms with Crippen molar-refractivity contribution in [3.05, 3.63) is 51.9 Å². The van der Waals surface area contributed by atoms with Crippen LogP contribution in [0, 0.1) is 6.92 Å². The lowest BCUT2D eigenvalue weighted by atomic mass is 10.1. The molecule has 2 aromatic heterocycles. The molecule has 23 heavy (non-hydrogen) atoms. The predicted molar refractivity (Wildman–Crippen MR) is 93.0 cm³/mol. The highest BCUT2D eigenvalue weighted by molar-refractivity contribution is 7.17. The first-order valence-corrected chi connectivity index (χ1v) is 8.75. The van der Waals surface area contributed by atoms with Gasteiger partial charge >= 0.3 is 0 Å². The first-order valence-electron chi connectivity index (χ1n) is 7.87. The Morgan fingerprint density at radius 3 is 2.91 bits per heavy atom. The average molecular weight is 326 g/mol. The topological polar surface area (TPSA) is 44.1 Å². The Morgan fingerprint density at radius 2 is 2.17 bits per heavy atom. The standard InChI is InChI=1S/C18H18N2O2S/c1-12-4-6-13(7-5-12)15-10-23-17-16(15)18(21)20(11-19-17)9-14-3-2-8-22-14/h4-7,10-11,14H,2-3,8-9H2,1H3/t14-/m0/s1. The summed E-state index contributed by atoms with van der Waals surface area (Å²) >= 11 is 1.52. The normalized spacial score (nSPS) is 17.9. The van der Waals surface area contributed by atoms with Gasteiger partial charge in [0.15, 0.2) is 0 Å². The van der Waals surface area contributed by atoms with Crippen LogP contribution in [0.4, 0.5) is 0 Å². The van der Waals surface area contributed by atoms with Crippen molar-refractivity contribution in [2.45, 2.75) is 32.4 Å². The molecule has 4 nitrogen and oxygen atoms in total. The van der Waals surface area contributed by atoms with E-state index in [1.165, 1.54) is 16.9 Å². The highest BCUT2D eigenvalue weighted by Crippen LogP contribution is 2.30. The van der Waals surface area contributed by atoms with E-state index in [1.54, 1.807) is 10.9 Å². The van der Waals surface area contributed by atoms with E-state index in [0.29, 0.717) is 6.54 Å². The molecule has 4 rings (SSSR count). The molecule has 1 atom stereocenters. The van der Waals surface area contributed by atoms with Gasteiger partial charge in [0, 0.05) is 17.6 Å². The van der Waals surface area contributed by atoms with Crippen molar-refractivity contribution in [1.82, 2.24) is 9.55 Å². The number of hydrogen-bond acceptors (Lipinski definition) is 4. The van der Waals surface area contributed by atoms with Crippen LogP contribution in [0.25, 0.3) is 21.3 Å². The van der Waals surface area contributed by atoms with Gasteiger partial charge in [-0.05, 0) is 25.3 Å². The summed E-state index contributed by atoms with van der Waals surface area (Å²) in [5.74, 6) is 0. The molecule has 1 fully saturated rings. The highest BCUT2D eigenvalue weighted by Gasteiger charge is 2.19. The van der Waals surface area contributed by atoms with Gasteiger partial charge in [-0.1, -0.05) is 29.8 Å². The van der Waals surface area contributed by atoms with Crippen LogP contribution < -0.4 is 5.56 Å². The molecule has 0 bridgehead atoms. The molecule has 1 aliphatic heterocycles. The summed E-state index contributed by atoms with van der Waals surface area (Å²) in [5.41, 5.74) is 3.28. The fraction of sp³-hybridized carbons (Fsp3) is 0.333. The van der Waals surface area contributed by atoms with Gasteiger partial charge < -0.3 is 4.74 Å². The molecule has 3 heterocycles. The van der Waals surface area contributed by atoms with E-state index in [1.807, 2.05) is 5.38 Å². The van der Waals surface area contributed by atoms with E-state index in [4.69, 9.17) is 4.74 Å². The molecule has 0 spiro atoms. The van der Waals surface area contributed by atoms with E-state index in [0.717, 1.165) is 40.8 Å². The largest absolute Gasteiger partial charge is 0.376 e. The third-order valence-corrected chi connectivity index (χ3v) is 5.23. The Morgan fingerprint density at radius 1 is 1.35 bits per heavy atom. The van der Waals surface area contributed by atoms with Gasteiger partial charge in [0.05, 0.1) is 24.4 Å². The number of ether oxygens (including phenoxy) is 1. The molecular weight excluding hydrogens is 308 g/mol. The average Bonchev–Trinajstić information content (AvgIpc) is 3.21. The lowest BCUT2D eigenvalue weighted by Gasteiger charge is -2.11. The van der Waals surface area contributed by atoms with Gasteiger partial charge in [0.25, 0.3) is 5.56 Å². The first-order chi connectivity index (χ1) is 11.2. The van der Waals surface area contributed by atoms with Crippen molar-refractivity contribution in [2.75, 3.05) is 6.61 Å². The minimum atomic E-state index is 0.0299. The van der Waals surface area contributed by atoms with Gasteiger partial charge in [-0.3, -0.25) is 9.36 Å². The van der Waals surface area contributed by atoms with Crippen LogP contribution in [0.2, 0.25) is 0 Å². The molecular formula is C18H18N2O2S. The SMILES string of the molecule is Cc1ccc(-c2csc3ncn(C[C@@H]4CCCO4)c(=O)c23)cc1. The number of benzene rings is 1. The van der Waals surface area contributed by atoms with Crippen molar-refractivity contribution in [2.24, 2.45) is 0 Å². The zero-order chi connectivity index (χ0) is 15.8. The van der Waals surface area contributed by atoms with Gasteiger partial charge in [-0.25, -0.2) is 4.98 Å². The fourth-order valence-electron chi connectivity index (χ4n) is 3.05. The molecule has 5 heteroatoms. The van der Waals surface area contributed by atoms with E-state index in [9.17, 15) is 4.79 Å². The van der Waals surface area contributed by atoms with Crippen LogP contribution in [0.5, 0.6) is 0 Å². The summed E-state index contributed by atoms with van der Waals surface area (Å²) in [6.07, 6.45) is 3.87. The molecule has 1 saturated heterocycles. The van der Waals surface area contributed by atoms with Crippen LogP contribution in [0.1, 0.15) is 18.4 Å². The zero-order valence-electron chi connectivity index (χ0n) is 13.0. The van der Waals surface area contributed by atoms with E-state index >= 15 is 0 Å². The minimum absolute atomic E-state index is 0.0299. The molecule has 0 unspecified atom stereocenters. The summed E-state index contributed by atoms with van der Waals surface area (Å²) < 4.78 is 7.35. The Bertz CT molecular complexity index is 890. The van der Waals surface area contributed by atoms with Crippen LogP contribution in [0.3, 0.4) is 0 Å². The molecule has 118 valence electrons. The molecule has 0 radical (unpaired) electrons. The Balaban J connectivity index is 1.80. The van der Waals surface area contributed by atoms with Crippen LogP contribution in [-0.2, 0) is 11.3 Å². The second kappa shape index (κ2) is 5.91. The van der Waals surface area contributed by atoms with Gasteiger partial charge in [0.1, 0.15) is 4.83 Å². The summed E-state index contributed by atoms with van der Waals surface area (Å²) in [5, 5.41) is 2.75. The Labute approximate surface area is 138 Å². The summed E-state index contributed by atoms with van der Waals surface area (Å²) in [6.45, 7) is 3.44. The third kappa shape index (κ3) is 2.71. The maximum Gasteiger partial charge on any atom is 0.262 e. The van der Waals surface area contributed by atoms with Crippen LogP contribution in [-0.4, -0.2) is 22.3 Å². The quantitative estimate of drug-likeness (QED) is 0.738. The number of fused-ring (bicyclic) bond motifs is 1. The molecule has 0 saturated carbocycles. The van der Waals surface area contributed by atoms with E-state index < -0.39 is 0 Å². The number of aromatic nitrogens is 2. The highest BCUT2D eigenvalue weighted by atomic mass is 32.1. The van der Waals surface area contributed by atoms with Crippen LogP contribution >= 0.6 is 11.3 Å². The number of nitrogens with zero attached hydrogens (tertiary/aromatic N) is 2. The Kier molecular flexibility index (Phi) is 3.75. The Hall–Kier alpha value is -1.98. The summed E-state index contributed by atoms with van der Waals surface area (Å²) in [6, 6.07) is 8.27. The van der Waals surface area contributed by atoms with Gasteiger partial charge in [0.2, 0.25) is 0 Å². The second-order valence-electron chi connectivity index (χ2n) is 6.03. The summed E-state index contributed by atoms with van der Waals surface area (Å²) in [7, 11) is 0. The van der Waals surface area contributed by atoms with Crippen molar-refractivity contribution in [3.63, 3.8) is 0 Å². The van der Waals surface area contributed by atoms with E-state index in [2.05, 4.69) is 36.2 Å². The van der Waals surface area contributed by atoms with Crippen molar-refractivity contribution < 1.29 is 4.74 Å². The smallest absolute Gasteiger partial charge is 0.262 e. The lowest BCUT2D eigenvalue weighted by Crippen LogP contribution is -2.26. The maximum atomic E-state index is 12.9. The number of hydrogen-bond donors (Lipinski definition) is 0. The molecule has 0 N–H and O–H groups in total. The molecule has 1 aromatic carbocycles. The maximum absolute atomic E-state index is 12.9. The predicted octanol–water partition coefficient (Wildman–Crippen LogP) is 3.61. The number of rotatable bonds is 3. The molecule has 1 aliphatic rings. The van der Waals surface area contributed by atoms with Crippen molar-refractivity contribution in [1.29, 1.82) is 0 Å². The van der Waals surface area contributed by atoms with Gasteiger partial charge in [-0.2, -0.15) is 0 Å². The van der Waals surface area contributed by atoms with E-state index in [-0.39, 0.29) is 11.7 Å². The monoisotopic (exact) mass is 326 g/mol. The van der Waals surface area contributed by atoms with Crippen LogP contribution in [0.15, 0.2) is 40.8 Å². The second-order valence-corrected chi connectivity index (χ2v) is 6.89. The fourth-order valence-corrected chi connectivity index (χ4v) is 3.96. The van der Waals surface area contributed by atoms with Crippen molar-refractivity contribution in [3.8, 4) is 11.1 Å². The lowest BCUT2D eigenvalue weighted by molar-refractivity contribution is 0.0960. The number of thiophene rings is 1. The number of aryl methyl sites for hydroxylation is 1. The van der Waals surface area contributed by atoms with Crippen molar-refractivity contribution >= 4 is 21.6 Å². The molecule has 3 aromatic rings. The first kappa shape index (κ1) is 14.6. The summed E-state index contributed by atoms with van der Waals surface area (Å²) in [4.78, 5) is 18.2. The van der Waals surface area contributed by atoms with Gasteiger partial charge in [-0.15, -0.1) is 11.3 Å². The zero-order valence-corrected chi connectivity index (χ0v) is 13.8.